The van der Waals surface area contributed by atoms with E-state index in [2.05, 4.69) is 31.3 Å². The predicted octanol–water partition coefficient (Wildman–Crippen LogP) is 4.56. The van der Waals surface area contributed by atoms with Crippen LogP contribution in [0.4, 0.5) is 11.8 Å². The van der Waals surface area contributed by atoms with Gasteiger partial charge in [-0.2, -0.15) is 9.97 Å². The molecule has 0 saturated heterocycles. The van der Waals surface area contributed by atoms with E-state index >= 15 is 0 Å². The van der Waals surface area contributed by atoms with Crippen molar-refractivity contribution in [1.29, 1.82) is 0 Å². The Kier molecular flexibility index (Phi) is 5.59. The van der Waals surface area contributed by atoms with Gasteiger partial charge in [-0.15, -0.1) is 0 Å². The zero-order valence-electron chi connectivity index (χ0n) is 16.5. The highest BCUT2D eigenvalue weighted by Gasteiger charge is 2.20. The van der Waals surface area contributed by atoms with Crippen molar-refractivity contribution in [1.82, 2.24) is 19.9 Å². The average molecular weight is 451 g/mol. The maximum atomic E-state index is 6.68. The lowest BCUT2D eigenvalue weighted by molar-refractivity contribution is 0.103. The Morgan fingerprint density at radius 3 is 2.84 bits per heavy atom. The first kappa shape index (κ1) is 20.0. The second-order valence-corrected chi connectivity index (χ2v) is 8.48. The lowest BCUT2D eigenvalue weighted by atomic mass is 9.94. The van der Waals surface area contributed by atoms with Crippen LogP contribution in [0.1, 0.15) is 11.1 Å². The monoisotopic (exact) mass is 450 g/mol. The third-order valence-electron chi connectivity index (χ3n) is 4.96. The molecule has 0 amide bonds. The first-order chi connectivity index (χ1) is 15.2. The van der Waals surface area contributed by atoms with Crippen molar-refractivity contribution in [2.75, 3.05) is 23.3 Å². The predicted molar refractivity (Wildman–Crippen MR) is 124 cm³/mol. The Morgan fingerprint density at radius 1 is 1.06 bits per heavy atom. The Bertz CT molecular complexity index is 1250. The maximum Gasteiger partial charge on any atom is 0.224 e. The summed E-state index contributed by atoms with van der Waals surface area (Å²) in [6, 6.07) is 13.8. The molecular weight excluding hydrogens is 432 g/mol. The SMILES string of the molecule is Nc1nc(SCCNc2ccccn2)nc(-c2c(Cl)cc3c4c(cccc24)COC3)n1. The Hall–Kier alpha value is -2.94. The number of nitrogens with two attached hydrogens (primary N) is 1. The highest BCUT2D eigenvalue weighted by atomic mass is 35.5. The lowest BCUT2D eigenvalue weighted by Gasteiger charge is -2.20. The molecule has 5 rings (SSSR count). The number of hydrogen-bond donors (Lipinski definition) is 2. The third kappa shape index (κ3) is 4.14. The van der Waals surface area contributed by atoms with Crippen molar-refractivity contribution in [3.05, 3.63) is 64.8 Å². The molecule has 3 heterocycles. The number of anilines is 2. The van der Waals surface area contributed by atoms with Crippen LogP contribution >= 0.6 is 23.4 Å². The Balaban J connectivity index is 1.44. The van der Waals surface area contributed by atoms with E-state index in [1.54, 1.807) is 6.20 Å². The van der Waals surface area contributed by atoms with E-state index in [4.69, 9.17) is 22.1 Å². The molecule has 2 aromatic heterocycles. The summed E-state index contributed by atoms with van der Waals surface area (Å²) >= 11 is 8.18. The second kappa shape index (κ2) is 8.66. The highest BCUT2D eigenvalue weighted by Crippen LogP contribution is 2.39. The van der Waals surface area contributed by atoms with Gasteiger partial charge in [0.25, 0.3) is 0 Å². The molecule has 1 aliphatic heterocycles. The van der Waals surface area contributed by atoms with Gasteiger partial charge >= 0.3 is 0 Å². The molecule has 31 heavy (non-hydrogen) atoms. The van der Waals surface area contributed by atoms with Crippen molar-refractivity contribution in [2.45, 2.75) is 18.4 Å². The van der Waals surface area contributed by atoms with Gasteiger partial charge in [0, 0.05) is 24.1 Å². The van der Waals surface area contributed by atoms with Gasteiger partial charge in [0.1, 0.15) is 5.82 Å². The van der Waals surface area contributed by atoms with Gasteiger partial charge in [0.15, 0.2) is 11.0 Å². The van der Waals surface area contributed by atoms with Gasteiger partial charge in [-0.3, -0.25) is 0 Å². The van der Waals surface area contributed by atoms with Crippen LogP contribution in [0.15, 0.2) is 53.8 Å². The van der Waals surface area contributed by atoms with Gasteiger partial charge in [-0.25, -0.2) is 9.97 Å². The molecule has 0 bridgehead atoms. The van der Waals surface area contributed by atoms with Gasteiger partial charge in [0.2, 0.25) is 5.95 Å². The fourth-order valence-corrected chi connectivity index (χ4v) is 4.70. The van der Waals surface area contributed by atoms with E-state index in [1.165, 1.54) is 11.8 Å². The maximum absolute atomic E-state index is 6.68. The number of hydrogen-bond acceptors (Lipinski definition) is 8. The molecule has 7 nitrogen and oxygen atoms in total. The van der Waals surface area contributed by atoms with Crippen molar-refractivity contribution in [2.24, 2.45) is 0 Å². The van der Waals surface area contributed by atoms with E-state index in [-0.39, 0.29) is 5.95 Å². The summed E-state index contributed by atoms with van der Waals surface area (Å²) in [7, 11) is 0. The lowest BCUT2D eigenvalue weighted by Crippen LogP contribution is -2.08. The number of benzene rings is 2. The largest absolute Gasteiger partial charge is 0.372 e. The summed E-state index contributed by atoms with van der Waals surface area (Å²) in [5.41, 5.74) is 8.99. The van der Waals surface area contributed by atoms with Crippen molar-refractivity contribution >= 4 is 45.9 Å². The molecular formula is C22H19ClN6OS. The number of nitrogen functional groups attached to an aromatic ring is 1. The molecule has 0 spiro atoms. The fraction of sp³-hybridized carbons (Fsp3) is 0.182. The number of aromatic nitrogens is 4. The molecule has 1 aliphatic rings. The van der Waals surface area contributed by atoms with Crippen LogP contribution in [-0.2, 0) is 18.0 Å². The smallest absolute Gasteiger partial charge is 0.224 e. The average Bonchev–Trinajstić information content (AvgIpc) is 2.77. The minimum Gasteiger partial charge on any atom is -0.372 e. The number of thioether (sulfide) groups is 1. The van der Waals surface area contributed by atoms with Crippen LogP contribution in [0.25, 0.3) is 22.2 Å². The molecule has 0 radical (unpaired) electrons. The van der Waals surface area contributed by atoms with E-state index in [9.17, 15) is 0 Å². The summed E-state index contributed by atoms with van der Waals surface area (Å²) < 4.78 is 5.68. The molecule has 0 fully saturated rings. The van der Waals surface area contributed by atoms with Crippen molar-refractivity contribution < 1.29 is 4.74 Å². The molecule has 0 saturated carbocycles. The fourth-order valence-electron chi connectivity index (χ4n) is 3.68. The van der Waals surface area contributed by atoms with Crippen LogP contribution in [0.2, 0.25) is 5.02 Å². The van der Waals surface area contributed by atoms with Crippen molar-refractivity contribution in [3.8, 4) is 11.4 Å². The van der Waals surface area contributed by atoms with Gasteiger partial charge in [-0.05, 0) is 40.1 Å². The zero-order chi connectivity index (χ0) is 21.2. The molecule has 3 N–H and O–H groups in total. The number of nitrogens with zero attached hydrogens (tertiary/aromatic N) is 4. The van der Waals surface area contributed by atoms with Gasteiger partial charge in [0.05, 0.1) is 18.2 Å². The van der Waals surface area contributed by atoms with Crippen LogP contribution in [0.5, 0.6) is 0 Å². The minimum absolute atomic E-state index is 0.171. The van der Waals surface area contributed by atoms with E-state index in [1.807, 2.05) is 36.4 Å². The number of halogens is 1. The summed E-state index contributed by atoms with van der Waals surface area (Å²) in [5, 5.41) is 6.56. The third-order valence-corrected chi connectivity index (χ3v) is 6.10. The van der Waals surface area contributed by atoms with E-state index in [0.717, 1.165) is 39.0 Å². The Labute approximate surface area is 188 Å². The number of nitrogens with one attached hydrogen (secondary N) is 1. The van der Waals surface area contributed by atoms with Crippen LogP contribution < -0.4 is 11.1 Å². The number of rotatable bonds is 6. The van der Waals surface area contributed by atoms with Crippen LogP contribution in [0.3, 0.4) is 0 Å². The molecule has 4 aromatic rings. The minimum atomic E-state index is 0.171. The zero-order valence-corrected chi connectivity index (χ0v) is 18.1. The first-order valence-corrected chi connectivity index (χ1v) is 11.2. The molecule has 0 unspecified atom stereocenters. The van der Waals surface area contributed by atoms with Crippen molar-refractivity contribution in [3.63, 3.8) is 0 Å². The molecule has 0 aliphatic carbocycles. The standard InChI is InChI=1S/C22H19ClN6OS/c23-16-10-14-12-30-11-13-4-3-5-15(18(13)14)19(16)20-27-21(24)29-22(28-20)31-9-8-26-17-6-1-2-7-25-17/h1-7,10H,8-9,11-12H2,(H,25,26)(H2,24,27,28,29). The summed E-state index contributed by atoms with van der Waals surface area (Å²) in [5.74, 6) is 2.23. The molecule has 156 valence electrons. The Morgan fingerprint density at radius 2 is 1.97 bits per heavy atom. The van der Waals surface area contributed by atoms with Crippen LogP contribution in [0, 0.1) is 0 Å². The van der Waals surface area contributed by atoms with Gasteiger partial charge < -0.3 is 15.8 Å². The van der Waals surface area contributed by atoms with Crippen LogP contribution in [-0.4, -0.2) is 32.2 Å². The quantitative estimate of drug-likeness (QED) is 0.326. The molecule has 0 atom stereocenters. The molecule has 9 heteroatoms. The van der Waals surface area contributed by atoms with E-state index < -0.39 is 0 Å². The first-order valence-electron chi connectivity index (χ1n) is 9.79. The summed E-state index contributed by atoms with van der Waals surface area (Å²) in [6.07, 6.45) is 1.75. The molecule has 2 aromatic carbocycles. The number of pyridine rings is 1. The normalized spacial score (nSPS) is 12.8. The summed E-state index contributed by atoms with van der Waals surface area (Å²) in [4.78, 5) is 17.6. The van der Waals surface area contributed by atoms with E-state index in [0.29, 0.717) is 35.8 Å². The second-order valence-electron chi connectivity index (χ2n) is 7.02. The highest BCUT2D eigenvalue weighted by molar-refractivity contribution is 7.99. The van der Waals surface area contributed by atoms with Gasteiger partial charge in [-0.1, -0.05) is 47.6 Å². The summed E-state index contributed by atoms with van der Waals surface area (Å²) in [6.45, 7) is 1.83. The topological polar surface area (TPSA) is 98.8 Å². The number of ether oxygens (including phenoxy) is 1.